The molecule has 2 amide bonds. The predicted octanol–water partition coefficient (Wildman–Crippen LogP) is 3.22. The molecule has 0 spiro atoms. The number of benzene rings is 2. The van der Waals surface area contributed by atoms with Crippen molar-refractivity contribution >= 4 is 23.4 Å². The summed E-state index contributed by atoms with van der Waals surface area (Å²) in [6.45, 7) is 3.78. The van der Waals surface area contributed by atoms with Gasteiger partial charge < -0.3 is 0 Å². The van der Waals surface area contributed by atoms with Crippen molar-refractivity contribution in [3.63, 3.8) is 0 Å². The van der Waals surface area contributed by atoms with E-state index < -0.39 is 11.8 Å². The third-order valence-corrected chi connectivity index (χ3v) is 4.25. The zero-order valence-electron chi connectivity index (χ0n) is 14.3. The minimum absolute atomic E-state index is 0.379. The molecule has 132 valence electrons. The Bertz CT molecular complexity index is 964. The molecule has 0 atom stereocenters. The number of rotatable bonds is 3. The number of nitrogens with one attached hydrogen (secondary N) is 2. The smallest absolute Gasteiger partial charge is 0.267 e. The van der Waals surface area contributed by atoms with E-state index in [2.05, 4.69) is 16.0 Å². The van der Waals surface area contributed by atoms with Gasteiger partial charge >= 0.3 is 0 Å². The average Bonchev–Trinajstić information content (AvgIpc) is 3.02. The van der Waals surface area contributed by atoms with Crippen molar-refractivity contribution in [2.24, 2.45) is 0 Å². The van der Waals surface area contributed by atoms with Crippen LogP contribution >= 0.6 is 11.6 Å². The normalized spacial score (nSPS) is 10.4. The minimum Gasteiger partial charge on any atom is -0.267 e. The molecule has 2 aromatic carbocycles. The number of halogens is 1. The van der Waals surface area contributed by atoms with Crippen LogP contribution in [0.1, 0.15) is 32.0 Å². The number of amides is 2. The van der Waals surface area contributed by atoms with Crippen molar-refractivity contribution in [2.45, 2.75) is 13.8 Å². The van der Waals surface area contributed by atoms with Crippen LogP contribution in [0.15, 0.2) is 54.7 Å². The lowest BCUT2D eigenvalue weighted by Crippen LogP contribution is -2.41. The average molecular weight is 369 g/mol. The number of aromatic nitrogens is 2. The number of nitrogens with zero attached hydrogens (tertiary/aromatic N) is 2. The fraction of sp³-hybridized carbons (Fsp3) is 0.105. The van der Waals surface area contributed by atoms with Gasteiger partial charge in [-0.2, -0.15) is 5.10 Å². The van der Waals surface area contributed by atoms with Gasteiger partial charge in [0.15, 0.2) is 0 Å². The number of hydrogen-bond donors (Lipinski definition) is 2. The van der Waals surface area contributed by atoms with Crippen LogP contribution in [0.2, 0.25) is 5.02 Å². The Kier molecular flexibility index (Phi) is 5.04. The Morgan fingerprint density at radius 1 is 0.962 bits per heavy atom. The highest BCUT2D eigenvalue weighted by atomic mass is 35.5. The topological polar surface area (TPSA) is 76.0 Å². The van der Waals surface area contributed by atoms with Gasteiger partial charge in [-0.3, -0.25) is 20.4 Å². The Morgan fingerprint density at radius 2 is 1.62 bits per heavy atom. The van der Waals surface area contributed by atoms with Crippen LogP contribution in [0.4, 0.5) is 0 Å². The molecular weight excluding hydrogens is 352 g/mol. The summed E-state index contributed by atoms with van der Waals surface area (Å²) < 4.78 is 1.70. The SMILES string of the molecule is Cc1ccccc1-n1ncc(C(=O)NNC(=O)c2ccc(Cl)cc2)c1C. The molecule has 3 rings (SSSR count). The van der Waals surface area contributed by atoms with Crippen LogP contribution in [-0.4, -0.2) is 21.6 Å². The van der Waals surface area contributed by atoms with Crippen molar-refractivity contribution in [1.82, 2.24) is 20.6 Å². The van der Waals surface area contributed by atoms with Gasteiger partial charge in [-0.1, -0.05) is 29.8 Å². The summed E-state index contributed by atoms with van der Waals surface area (Å²) in [7, 11) is 0. The maximum atomic E-state index is 12.4. The lowest BCUT2D eigenvalue weighted by atomic mass is 10.2. The molecule has 0 aliphatic heterocycles. The van der Waals surface area contributed by atoms with Crippen molar-refractivity contribution in [2.75, 3.05) is 0 Å². The van der Waals surface area contributed by atoms with Gasteiger partial charge in [0.25, 0.3) is 11.8 Å². The minimum atomic E-state index is -0.440. The molecule has 1 heterocycles. The zero-order valence-corrected chi connectivity index (χ0v) is 15.0. The van der Waals surface area contributed by atoms with Gasteiger partial charge in [0.2, 0.25) is 0 Å². The molecule has 0 fully saturated rings. The number of aryl methyl sites for hydroxylation is 1. The van der Waals surface area contributed by atoms with Gasteiger partial charge in [0.05, 0.1) is 23.1 Å². The molecule has 0 saturated carbocycles. The summed E-state index contributed by atoms with van der Waals surface area (Å²) >= 11 is 5.79. The summed E-state index contributed by atoms with van der Waals surface area (Å²) in [6.07, 6.45) is 1.48. The van der Waals surface area contributed by atoms with E-state index in [0.717, 1.165) is 11.3 Å². The number of hydrazine groups is 1. The van der Waals surface area contributed by atoms with Crippen molar-refractivity contribution in [3.8, 4) is 5.69 Å². The van der Waals surface area contributed by atoms with E-state index in [4.69, 9.17) is 11.6 Å². The van der Waals surface area contributed by atoms with Gasteiger partial charge in [0.1, 0.15) is 0 Å². The van der Waals surface area contributed by atoms with E-state index in [0.29, 0.717) is 21.8 Å². The fourth-order valence-corrected chi connectivity index (χ4v) is 2.66. The molecule has 0 aliphatic rings. The predicted molar refractivity (Wildman–Crippen MR) is 99.4 cm³/mol. The van der Waals surface area contributed by atoms with Crippen molar-refractivity contribution < 1.29 is 9.59 Å². The maximum absolute atomic E-state index is 12.4. The second kappa shape index (κ2) is 7.41. The first kappa shape index (κ1) is 17.7. The van der Waals surface area contributed by atoms with Gasteiger partial charge in [-0.15, -0.1) is 0 Å². The molecule has 0 unspecified atom stereocenters. The maximum Gasteiger partial charge on any atom is 0.273 e. The first-order valence-corrected chi connectivity index (χ1v) is 8.32. The number of carbonyl (C=O) groups excluding carboxylic acids is 2. The highest BCUT2D eigenvalue weighted by molar-refractivity contribution is 6.30. The van der Waals surface area contributed by atoms with E-state index in [1.165, 1.54) is 6.20 Å². The second-order valence-corrected chi connectivity index (χ2v) is 6.19. The molecule has 26 heavy (non-hydrogen) atoms. The number of hydrogen-bond acceptors (Lipinski definition) is 3. The van der Waals surface area contributed by atoms with Crippen LogP contribution < -0.4 is 10.9 Å². The lowest BCUT2D eigenvalue weighted by Gasteiger charge is -2.09. The standard InChI is InChI=1S/C19H17ClN4O2/c1-12-5-3-4-6-17(12)24-13(2)16(11-21-24)19(26)23-22-18(25)14-7-9-15(20)10-8-14/h3-11H,1-2H3,(H,22,25)(H,23,26). The van der Waals surface area contributed by atoms with E-state index in [1.54, 1.807) is 35.9 Å². The molecule has 1 aromatic heterocycles. The first-order chi connectivity index (χ1) is 12.5. The number of para-hydroxylation sites is 1. The molecule has 0 radical (unpaired) electrons. The summed E-state index contributed by atoms with van der Waals surface area (Å²) in [5.41, 5.74) is 8.18. The van der Waals surface area contributed by atoms with E-state index >= 15 is 0 Å². The lowest BCUT2D eigenvalue weighted by molar-refractivity contribution is 0.0846. The van der Waals surface area contributed by atoms with E-state index in [1.807, 2.05) is 31.2 Å². The first-order valence-electron chi connectivity index (χ1n) is 7.94. The highest BCUT2D eigenvalue weighted by Crippen LogP contribution is 2.17. The third-order valence-electron chi connectivity index (χ3n) is 3.99. The molecule has 6 nitrogen and oxygen atoms in total. The second-order valence-electron chi connectivity index (χ2n) is 5.76. The third kappa shape index (κ3) is 3.60. The Morgan fingerprint density at radius 3 is 2.31 bits per heavy atom. The van der Waals surface area contributed by atoms with Gasteiger partial charge in [0, 0.05) is 10.6 Å². The van der Waals surface area contributed by atoms with Crippen LogP contribution in [-0.2, 0) is 0 Å². The van der Waals surface area contributed by atoms with Crippen LogP contribution in [0, 0.1) is 13.8 Å². The molecule has 0 aliphatic carbocycles. The molecule has 3 aromatic rings. The van der Waals surface area contributed by atoms with E-state index in [-0.39, 0.29) is 0 Å². The summed E-state index contributed by atoms with van der Waals surface area (Å²) in [5, 5.41) is 4.82. The molecule has 0 saturated heterocycles. The zero-order chi connectivity index (χ0) is 18.7. The summed E-state index contributed by atoms with van der Waals surface area (Å²) in [6, 6.07) is 14.1. The quantitative estimate of drug-likeness (QED) is 0.697. The largest absolute Gasteiger partial charge is 0.273 e. The highest BCUT2D eigenvalue weighted by Gasteiger charge is 2.16. The van der Waals surface area contributed by atoms with Crippen LogP contribution in [0.25, 0.3) is 5.69 Å². The van der Waals surface area contributed by atoms with Gasteiger partial charge in [-0.05, 0) is 49.7 Å². The molecule has 2 N–H and O–H groups in total. The molecule has 0 bridgehead atoms. The molecule has 7 heteroatoms. The number of carbonyl (C=O) groups is 2. The summed E-state index contributed by atoms with van der Waals surface area (Å²) in [4.78, 5) is 24.4. The molecular formula is C19H17ClN4O2. The van der Waals surface area contributed by atoms with E-state index in [9.17, 15) is 9.59 Å². The Hall–Kier alpha value is -3.12. The Labute approximate surface area is 155 Å². The van der Waals surface area contributed by atoms with Crippen LogP contribution in [0.3, 0.4) is 0 Å². The van der Waals surface area contributed by atoms with Crippen LogP contribution in [0.5, 0.6) is 0 Å². The Balaban J connectivity index is 1.72. The van der Waals surface area contributed by atoms with Gasteiger partial charge in [-0.25, -0.2) is 4.68 Å². The monoisotopic (exact) mass is 368 g/mol. The van der Waals surface area contributed by atoms with Crippen molar-refractivity contribution in [1.29, 1.82) is 0 Å². The summed E-state index contributed by atoms with van der Waals surface area (Å²) in [5.74, 6) is -0.872. The van der Waals surface area contributed by atoms with Crippen molar-refractivity contribution in [3.05, 3.63) is 82.1 Å². The fourth-order valence-electron chi connectivity index (χ4n) is 2.53.